The molecule has 0 unspecified atom stereocenters. The summed E-state index contributed by atoms with van der Waals surface area (Å²) in [5.74, 6) is 1.49. The summed E-state index contributed by atoms with van der Waals surface area (Å²) < 4.78 is 10.6. The number of nitrogens with one attached hydrogen (secondary N) is 1. The highest BCUT2D eigenvalue weighted by Gasteiger charge is 2.08. The van der Waals surface area contributed by atoms with Crippen molar-refractivity contribution in [2.75, 3.05) is 19.5 Å². The van der Waals surface area contributed by atoms with Crippen LogP contribution in [0.15, 0.2) is 40.4 Å². The molecule has 0 saturated carbocycles. The first-order chi connectivity index (χ1) is 10.8. The van der Waals surface area contributed by atoms with E-state index >= 15 is 0 Å². The van der Waals surface area contributed by atoms with Gasteiger partial charge in [-0.2, -0.15) is 11.3 Å². The Hall–Kier alpha value is -1.76. The van der Waals surface area contributed by atoms with Gasteiger partial charge < -0.3 is 14.8 Å². The molecule has 0 saturated heterocycles. The maximum absolute atomic E-state index is 5.39. The fraction of sp³-hybridized carbons (Fsp3) is 0.188. The zero-order valence-electron chi connectivity index (χ0n) is 12.7. The zero-order valence-corrected chi connectivity index (χ0v) is 15.2. The van der Waals surface area contributed by atoms with Gasteiger partial charge in [0.15, 0.2) is 5.13 Å². The van der Waals surface area contributed by atoms with Gasteiger partial charge in [0.2, 0.25) is 0 Å². The van der Waals surface area contributed by atoms with Crippen molar-refractivity contribution in [3.05, 3.63) is 51.7 Å². The second-order valence-electron chi connectivity index (χ2n) is 4.64. The highest BCUT2D eigenvalue weighted by atomic mass is 35.5. The molecule has 3 rings (SSSR count). The predicted octanol–water partition coefficient (Wildman–Crippen LogP) is 4.98. The molecule has 3 aromatic rings. The number of hydrogen-bond acceptors (Lipinski definition) is 6. The second kappa shape index (κ2) is 8.19. The standard InChI is InChI=1S/C16H16N2O2S2.ClH/c1-19-13-3-4-14(15(8-13)20-2)18-16-17-12(10-22-16)7-11-5-6-21-9-11;/h3-6,8-10H,7H2,1-2H3,(H,17,18);1H. The zero-order chi connectivity index (χ0) is 15.4. The van der Waals surface area contributed by atoms with Crippen molar-refractivity contribution in [1.29, 1.82) is 0 Å². The first-order valence-corrected chi connectivity index (χ1v) is 8.55. The molecule has 7 heteroatoms. The summed E-state index contributed by atoms with van der Waals surface area (Å²) in [5.41, 5.74) is 3.24. The van der Waals surface area contributed by atoms with Crippen molar-refractivity contribution in [3.63, 3.8) is 0 Å². The van der Waals surface area contributed by atoms with E-state index in [2.05, 4.69) is 32.5 Å². The minimum atomic E-state index is 0. The highest BCUT2D eigenvalue weighted by Crippen LogP contribution is 2.32. The number of rotatable bonds is 6. The molecular weight excluding hydrogens is 352 g/mol. The summed E-state index contributed by atoms with van der Waals surface area (Å²) in [6.45, 7) is 0. The van der Waals surface area contributed by atoms with Crippen LogP contribution in [0.25, 0.3) is 0 Å². The lowest BCUT2D eigenvalue weighted by molar-refractivity contribution is 0.395. The molecule has 2 aromatic heterocycles. The molecule has 0 atom stereocenters. The molecule has 0 amide bonds. The predicted molar refractivity (Wildman–Crippen MR) is 99.3 cm³/mol. The van der Waals surface area contributed by atoms with Gasteiger partial charge in [-0.3, -0.25) is 0 Å². The molecule has 23 heavy (non-hydrogen) atoms. The van der Waals surface area contributed by atoms with Gasteiger partial charge in [-0.25, -0.2) is 4.98 Å². The van der Waals surface area contributed by atoms with E-state index in [-0.39, 0.29) is 12.4 Å². The normalized spacial score (nSPS) is 10.0. The fourth-order valence-corrected chi connectivity index (χ4v) is 3.46. The average Bonchev–Trinajstić information content (AvgIpc) is 3.20. The molecule has 1 aromatic carbocycles. The molecule has 0 aliphatic carbocycles. The Balaban J connectivity index is 0.00000192. The van der Waals surface area contributed by atoms with Crippen LogP contribution in [0.1, 0.15) is 11.3 Å². The van der Waals surface area contributed by atoms with Gasteiger partial charge in [0.1, 0.15) is 11.5 Å². The van der Waals surface area contributed by atoms with Crippen molar-refractivity contribution < 1.29 is 9.47 Å². The van der Waals surface area contributed by atoms with E-state index in [1.807, 2.05) is 18.2 Å². The summed E-state index contributed by atoms with van der Waals surface area (Å²) in [7, 11) is 3.28. The van der Waals surface area contributed by atoms with Crippen LogP contribution in [-0.2, 0) is 6.42 Å². The monoisotopic (exact) mass is 368 g/mol. The number of hydrogen-bond donors (Lipinski definition) is 1. The number of nitrogens with zero attached hydrogens (tertiary/aromatic N) is 1. The maximum Gasteiger partial charge on any atom is 0.187 e. The Morgan fingerprint density at radius 1 is 1.13 bits per heavy atom. The molecule has 0 bridgehead atoms. The van der Waals surface area contributed by atoms with Gasteiger partial charge >= 0.3 is 0 Å². The Kier molecular flexibility index (Phi) is 6.27. The molecule has 0 fully saturated rings. The first kappa shape index (κ1) is 17.6. The second-order valence-corrected chi connectivity index (χ2v) is 6.28. The molecule has 0 radical (unpaired) electrons. The lowest BCUT2D eigenvalue weighted by Crippen LogP contribution is -1.95. The Morgan fingerprint density at radius 2 is 2.00 bits per heavy atom. The van der Waals surface area contributed by atoms with Crippen LogP contribution in [0.2, 0.25) is 0 Å². The van der Waals surface area contributed by atoms with Crippen LogP contribution >= 0.6 is 35.1 Å². The van der Waals surface area contributed by atoms with Gasteiger partial charge in [0.25, 0.3) is 0 Å². The van der Waals surface area contributed by atoms with Crippen molar-refractivity contribution >= 4 is 45.9 Å². The maximum atomic E-state index is 5.39. The highest BCUT2D eigenvalue weighted by molar-refractivity contribution is 7.13. The van der Waals surface area contributed by atoms with Crippen LogP contribution in [0.5, 0.6) is 11.5 Å². The summed E-state index contributed by atoms with van der Waals surface area (Å²) in [4.78, 5) is 4.62. The van der Waals surface area contributed by atoms with E-state index in [9.17, 15) is 0 Å². The SMILES string of the molecule is COc1ccc(Nc2nc(Cc3ccsc3)cs2)c(OC)c1.Cl. The third kappa shape index (κ3) is 4.37. The lowest BCUT2D eigenvalue weighted by atomic mass is 10.2. The van der Waals surface area contributed by atoms with E-state index in [1.54, 1.807) is 36.9 Å². The molecule has 122 valence electrons. The fourth-order valence-electron chi connectivity index (χ4n) is 2.06. The minimum Gasteiger partial charge on any atom is -0.497 e. The van der Waals surface area contributed by atoms with Crippen LogP contribution in [0.4, 0.5) is 10.8 Å². The van der Waals surface area contributed by atoms with Crippen LogP contribution in [-0.4, -0.2) is 19.2 Å². The van der Waals surface area contributed by atoms with Crippen molar-refractivity contribution in [2.24, 2.45) is 0 Å². The molecule has 0 aliphatic heterocycles. The number of anilines is 2. The van der Waals surface area contributed by atoms with Crippen molar-refractivity contribution in [3.8, 4) is 11.5 Å². The third-order valence-electron chi connectivity index (χ3n) is 3.17. The van der Waals surface area contributed by atoms with Crippen LogP contribution in [0, 0.1) is 0 Å². The number of thiophene rings is 1. The first-order valence-electron chi connectivity index (χ1n) is 6.73. The number of thiazole rings is 1. The number of methoxy groups -OCH3 is 2. The Labute approximate surface area is 149 Å². The number of halogens is 1. The van der Waals surface area contributed by atoms with E-state index in [1.165, 1.54) is 5.56 Å². The van der Waals surface area contributed by atoms with Gasteiger partial charge in [-0.05, 0) is 34.5 Å². The summed E-state index contributed by atoms with van der Waals surface area (Å²) in [6, 6.07) is 7.80. The summed E-state index contributed by atoms with van der Waals surface area (Å²) in [5, 5.41) is 10.5. The van der Waals surface area contributed by atoms with E-state index < -0.39 is 0 Å². The van der Waals surface area contributed by atoms with Gasteiger partial charge in [0, 0.05) is 17.9 Å². The minimum absolute atomic E-state index is 0. The van der Waals surface area contributed by atoms with E-state index in [4.69, 9.17) is 9.47 Å². The lowest BCUT2D eigenvalue weighted by Gasteiger charge is -2.10. The van der Waals surface area contributed by atoms with Gasteiger partial charge in [-0.15, -0.1) is 23.7 Å². The molecule has 0 spiro atoms. The van der Waals surface area contributed by atoms with E-state index in [0.29, 0.717) is 0 Å². The quantitative estimate of drug-likeness (QED) is 0.666. The summed E-state index contributed by atoms with van der Waals surface area (Å²) >= 11 is 3.30. The van der Waals surface area contributed by atoms with Gasteiger partial charge in [-0.1, -0.05) is 0 Å². The molecule has 2 heterocycles. The van der Waals surface area contributed by atoms with Crippen LogP contribution in [0.3, 0.4) is 0 Å². The Bertz CT molecular complexity index is 744. The summed E-state index contributed by atoms with van der Waals surface area (Å²) in [6.07, 6.45) is 0.863. The number of aromatic nitrogens is 1. The average molecular weight is 369 g/mol. The largest absolute Gasteiger partial charge is 0.497 e. The molecule has 0 aliphatic rings. The number of benzene rings is 1. The topological polar surface area (TPSA) is 43.4 Å². The third-order valence-corrected chi connectivity index (χ3v) is 4.71. The Morgan fingerprint density at radius 3 is 2.70 bits per heavy atom. The molecular formula is C16H17ClN2O2S2. The molecule has 4 nitrogen and oxygen atoms in total. The van der Waals surface area contributed by atoms with Crippen LogP contribution < -0.4 is 14.8 Å². The van der Waals surface area contributed by atoms with Gasteiger partial charge in [0.05, 0.1) is 25.6 Å². The van der Waals surface area contributed by atoms with Crippen molar-refractivity contribution in [1.82, 2.24) is 4.98 Å². The smallest absolute Gasteiger partial charge is 0.187 e. The number of ether oxygens (including phenoxy) is 2. The van der Waals surface area contributed by atoms with Crippen molar-refractivity contribution in [2.45, 2.75) is 6.42 Å². The van der Waals surface area contributed by atoms with E-state index in [0.717, 1.165) is 34.4 Å². The molecule has 1 N–H and O–H groups in total.